The van der Waals surface area contributed by atoms with E-state index in [0.717, 1.165) is 11.8 Å². The summed E-state index contributed by atoms with van der Waals surface area (Å²) in [5.41, 5.74) is 4.81. The number of rotatable bonds is 5. The van der Waals surface area contributed by atoms with Crippen molar-refractivity contribution in [2.75, 3.05) is 5.32 Å². The Morgan fingerprint density at radius 2 is 2.19 bits per heavy atom. The van der Waals surface area contributed by atoms with Crippen LogP contribution in [0, 0.1) is 17.0 Å². The number of hydrogen-bond donors (Lipinski definition) is 5. The molecule has 6 N–H and O–H groups in total. The van der Waals surface area contributed by atoms with E-state index in [4.69, 9.17) is 30.3 Å². The molecule has 0 spiro atoms. The Hall–Kier alpha value is -2.68. The van der Waals surface area contributed by atoms with E-state index in [-0.39, 0.29) is 26.5 Å². The van der Waals surface area contributed by atoms with Crippen molar-refractivity contribution < 1.29 is 14.5 Å². The Balaban J connectivity index is 2.32. The van der Waals surface area contributed by atoms with Crippen LogP contribution in [0.2, 0.25) is 0 Å². The molecule has 0 aliphatic carbocycles. The molecule has 0 aromatic heterocycles. The largest absolute Gasteiger partial charge is 0.320 e. The van der Waals surface area contributed by atoms with E-state index in [1.54, 1.807) is 6.92 Å². The van der Waals surface area contributed by atoms with Crippen LogP contribution < -0.4 is 27.3 Å². The monoisotopic (exact) mass is 427 g/mol. The van der Waals surface area contributed by atoms with Crippen molar-refractivity contribution in [3.63, 3.8) is 0 Å². The average Bonchev–Trinajstić information content (AvgIpc) is 2.94. The first-order chi connectivity index (χ1) is 12.7. The number of amides is 2. The number of hydrazone groups is 1. The van der Waals surface area contributed by atoms with Crippen LogP contribution in [-0.4, -0.2) is 37.1 Å². The zero-order chi connectivity index (χ0) is 20.1. The summed E-state index contributed by atoms with van der Waals surface area (Å²) in [4.78, 5) is 35.1. The van der Waals surface area contributed by atoms with Gasteiger partial charge in [-0.25, -0.2) is 5.84 Å². The number of carbonyl (C=O) groups is 2. The number of anilines is 1. The van der Waals surface area contributed by atoms with Crippen molar-refractivity contribution in [2.45, 2.75) is 12.2 Å². The van der Waals surface area contributed by atoms with Crippen molar-refractivity contribution in [2.24, 2.45) is 10.9 Å². The maximum absolute atomic E-state index is 12.7. The molecule has 1 aromatic rings. The standard InChI is InChI=1S/C13H13N7O4S3/c1-5-2-3-6(20(23)24)4-7(5)15-10(21)8(18-19-12(25)17-14)9-11(22)16-13(26)27-9/h2-4,9H,14H2,1H3,(H,15,21)(H,16,22,26)(H2,17,19,25)/b18-8+/t9-/m1/s1. The smallest absolute Gasteiger partial charge is 0.273 e. The van der Waals surface area contributed by atoms with Gasteiger partial charge in [0.2, 0.25) is 11.0 Å². The molecular weight excluding hydrogens is 414 g/mol. The van der Waals surface area contributed by atoms with Crippen molar-refractivity contribution in [3.05, 3.63) is 33.9 Å². The van der Waals surface area contributed by atoms with E-state index < -0.39 is 22.0 Å². The van der Waals surface area contributed by atoms with Crippen LogP contribution in [0.15, 0.2) is 23.3 Å². The average molecular weight is 427 g/mol. The lowest BCUT2D eigenvalue weighted by molar-refractivity contribution is -0.384. The highest BCUT2D eigenvalue weighted by atomic mass is 32.2. The molecule has 1 aliphatic heterocycles. The predicted molar refractivity (Wildman–Crippen MR) is 109 cm³/mol. The minimum Gasteiger partial charge on any atom is -0.320 e. The number of hydrogen-bond acceptors (Lipinski definition) is 9. The Kier molecular flexibility index (Phi) is 6.73. The molecule has 1 saturated heterocycles. The molecule has 0 radical (unpaired) electrons. The molecule has 0 unspecified atom stereocenters. The number of benzene rings is 1. The first kappa shape index (κ1) is 20.6. The maximum Gasteiger partial charge on any atom is 0.273 e. The normalized spacial score (nSPS) is 16.5. The van der Waals surface area contributed by atoms with Gasteiger partial charge in [-0.2, -0.15) is 5.10 Å². The number of hydrazine groups is 1. The molecule has 1 fully saturated rings. The zero-order valence-electron chi connectivity index (χ0n) is 13.6. The fourth-order valence-electron chi connectivity index (χ4n) is 1.95. The van der Waals surface area contributed by atoms with Gasteiger partial charge in [0.15, 0.2) is 0 Å². The molecule has 142 valence electrons. The SMILES string of the molecule is Cc1ccc([N+](=O)[O-])cc1NC(=O)/C(=N/NC(=S)NN)[C@H]1SC(=S)NC1=O. The van der Waals surface area contributed by atoms with Crippen LogP contribution in [0.4, 0.5) is 11.4 Å². The highest BCUT2D eigenvalue weighted by molar-refractivity contribution is 8.25. The van der Waals surface area contributed by atoms with Gasteiger partial charge in [-0.15, -0.1) is 0 Å². The van der Waals surface area contributed by atoms with Gasteiger partial charge in [-0.3, -0.25) is 30.6 Å². The lowest BCUT2D eigenvalue weighted by Crippen LogP contribution is -2.42. The van der Waals surface area contributed by atoms with Gasteiger partial charge in [-0.1, -0.05) is 30.0 Å². The first-order valence-corrected chi connectivity index (χ1v) is 8.84. The highest BCUT2D eigenvalue weighted by Crippen LogP contribution is 2.24. The number of carbonyl (C=O) groups excluding carboxylic acids is 2. The van der Waals surface area contributed by atoms with Gasteiger partial charge in [0, 0.05) is 12.1 Å². The fraction of sp³-hybridized carbons (Fsp3) is 0.154. The van der Waals surface area contributed by atoms with Gasteiger partial charge in [0.05, 0.1) is 10.6 Å². The van der Waals surface area contributed by atoms with E-state index in [1.807, 2.05) is 0 Å². The summed E-state index contributed by atoms with van der Waals surface area (Å²) in [5, 5.41) is 18.6. The lowest BCUT2D eigenvalue weighted by Gasteiger charge is -2.13. The summed E-state index contributed by atoms with van der Waals surface area (Å²) in [6, 6.07) is 4.00. The molecule has 11 nitrogen and oxygen atoms in total. The number of nitro benzene ring substituents is 1. The Morgan fingerprint density at radius 1 is 1.48 bits per heavy atom. The second-order valence-electron chi connectivity index (χ2n) is 5.07. The third kappa shape index (κ3) is 5.16. The number of nitrogens with two attached hydrogens (primary N) is 1. The van der Waals surface area contributed by atoms with E-state index >= 15 is 0 Å². The molecule has 1 aromatic carbocycles. The number of nitrogens with one attached hydrogen (secondary N) is 4. The first-order valence-electron chi connectivity index (χ1n) is 7.15. The van der Waals surface area contributed by atoms with Gasteiger partial charge in [0.1, 0.15) is 15.3 Å². The minimum atomic E-state index is -1.02. The van der Waals surface area contributed by atoms with Gasteiger partial charge in [-0.05, 0) is 24.7 Å². The number of non-ortho nitro benzene ring substituents is 1. The Labute approximate surface area is 167 Å². The molecule has 1 heterocycles. The lowest BCUT2D eigenvalue weighted by atomic mass is 10.1. The highest BCUT2D eigenvalue weighted by Gasteiger charge is 2.37. The third-order valence-corrected chi connectivity index (χ3v) is 4.85. The molecule has 2 amide bonds. The van der Waals surface area contributed by atoms with Crippen LogP contribution in [0.3, 0.4) is 0 Å². The third-order valence-electron chi connectivity index (χ3n) is 3.26. The number of thioether (sulfide) groups is 1. The van der Waals surface area contributed by atoms with E-state index in [1.165, 1.54) is 18.2 Å². The summed E-state index contributed by atoms with van der Waals surface area (Å²) in [5.74, 6) is 3.85. The topological polar surface area (TPSA) is 164 Å². The van der Waals surface area contributed by atoms with Crippen molar-refractivity contribution in [3.8, 4) is 0 Å². The number of nitro groups is 1. The van der Waals surface area contributed by atoms with E-state index in [9.17, 15) is 19.7 Å². The van der Waals surface area contributed by atoms with Crippen molar-refractivity contribution in [1.82, 2.24) is 16.2 Å². The number of aryl methyl sites for hydroxylation is 1. The minimum absolute atomic E-state index is 0.0854. The number of thiocarbonyl (C=S) groups is 2. The van der Waals surface area contributed by atoms with Crippen LogP contribution in [0.25, 0.3) is 0 Å². The molecule has 27 heavy (non-hydrogen) atoms. The van der Waals surface area contributed by atoms with Crippen LogP contribution >= 0.6 is 36.2 Å². The zero-order valence-corrected chi connectivity index (χ0v) is 16.1. The summed E-state index contributed by atoms with van der Waals surface area (Å²) in [7, 11) is 0. The van der Waals surface area contributed by atoms with E-state index in [2.05, 4.69) is 26.6 Å². The molecular formula is C13H13N7O4S3. The van der Waals surface area contributed by atoms with Crippen LogP contribution in [-0.2, 0) is 9.59 Å². The van der Waals surface area contributed by atoms with E-state index in [0.29, 0.717) is 5.56 Å². The summed E-state index contributed by atoms with van der Waals surface area (Å²) < 4.78 is 0.191. The quantitative estimate of drug-likeness (QED) is 0.143. The van der Waals surface area contributed by atoms with Crippen molar-refractivity contribution in [1.29, 1.82) is 0 Å². The van der Waals surface area contributed by atoms with Crippen LogP contribution in [0.5, 0.6) is 0 Å². The Morgan fingerprint density at radius 3 is 2.74 bits per heavy atom. The maximum atomic E-state index is 12.7. The molecule has 14 heteroatoms. The number of nitrogens with zero attached hydrogens (tertiary/aromatic N) is 2. The molecule has 2 rings (SSSR count). The fourth-order valence-corrected chi connectivity index (χ4v) is 3.20. The molecule has 0 saturated carbocycles. The van der Waals surface area contributed by atoms with Crippen molar-refractivity contribution >= 4 is 74.5 Å². The summed E-state index contributed by atoms with van der Waals surface area (Å²) in [6.45, 7) is 1.66. The van der Waals surface area contributed by atoms with Gasteiger partial charge in [0.25, 0.3) is 11.6 Å². The van der Waals surface area contributed by atoms with Gasteiger partial charge < -0.3 is 10.6 Å². The predicted octanol–water partition coefficient (Wildman–Crippen LogP) is 0.0520. The molecule has 1 atom stereocenters. The van der Waals surface area contributed by atoms with Gasteiger partial charge >= 0.3 is 0 Å². The second kappa shape index (κ2) is 8.81. The van der Waals surface area contributed by atoms with Crippen LogP contribution in [0.1, 0.15) is 5.56 Å². The summed E-state index contributed by atoms with van der Waals surface area (Å²) >= 11 is 10.6. The molecule has 1 aliphatic rings. The second-order valence-corrected chi connectivity index (χ2v) is 7.26. The molecule has 0 bridgehead atoms. The Bertz CT molecular complexity index is 873. The summed E-state index contributed by atoms with van der Waals surface area (Å²) in [6.07, 6.45) is 0.